The number of nitrogens with one attached hydrogen (secondary N) is 1. The van der Waals surface area contributed by atoms with Gasteiger partial charge in [0.1, 0.15) is 15.0 Å². The highest BCUT2D eigenvalue weighted by Crippen LogP contribution is 2.36. The van der Waals surface area contributed by atoms with Gasteiger partial charge in [-0.1, -0.05) is 34.8 Å². The van der Waals surface area contributed by atoms with Crippen LogP contribution in [0.15, 0.2) is 29.2 Å². The molecular weight excluding hydrogens is 365 g/mol. The minimum absolute atomic E-state index is 0.0866. The van der Waals surface area contributed by atoms with Crippen molar-refractivity contribution in [1.29, 1.82) is 0 Å². The number of methoxy groups -OCH3 is 1. The van der Waals surface area contributed by atoms with Gasteiger partial charge >= 0.3 is 0 Å². The molecule has 0 atom stereocenters. The first-order chi connectivity index (χ1) is 9.33. The second-order valence-corrected chi connectivity index (χ2v) is 8.01. The van der Waals surface area contributed by atoms with Gasteiger partial charge in [-0.3, -0.25) is 4.72 Å². The molecule has 0 aliphatic rings. The highest BCUT2D eigenvalue weighted by Gasteiger charge is 2.22. The number of halogens is 3. The van der Waals surface area contributed by atoms with Crippen LogP contribution < -0.4 is 9.46 Å². The highest BCUT2D eigenvalue weighted by molar-refractivity contribution is 7.93. The first kappa shape index (κ1) is 15.7. The molecule has 1 N–H and O–H groups in total. The molecule has 0 aliphatic heterocycles. The Hall–Kier alpha value is -0.660. The summed E-state index contributed by atoms with van der Waals surface area (Å²) in [4.78, 5) is -0.0869. The number of ether oxygens (including phenoxy) is 1. The van der Waals surface area contributed by atoms with Crippen molar-refractivity contribution >= 4 is 61.9 Å². The summed E-state index contributed by atoms with van der Waals surface area (Å²) in [6.45, 7) is 0. The molecule has 0 saturated carbocycles. The molecule has 1 heterocycles. The van der Waals surface area contributed by atoms with E-state index in [0.29, 0.717) is 10.8 Å². The number of hydrogen-bond acceptors (Lipinski definition) is 4. The molecule has 1 aromatic heterocycles. The van der Waals surface area contributed by atoms with Crippen molar-refractivity contribution in [2.75, 3.05) is 11.8 Å². The van der Waals surface area contributed by atoms with Crippen molar-refractivity contribution in [3.63, 3.8) is 0 Å². The topological polar surface area (TPSA) is 55.4 Å². The number of anilines is 1. The molecule has 2 aromatic rings. The number of hydrogen-bond donors (Lipinski definition) is 1. The van der Waals surface area contributed by atoms with E-state index in [1.54, 1.807) is 12.1 Å². The third-order valence-electron chi connectivity index (χ3n) is 2.32. The van der Waals surface area contributed by atoms with Gasteiger partial charge < -0.3 is 4.74 Å². The van der Waals surface area contributed by atoms with Crippen molar-refractivity contribution < 1.29 is 13.2 Å². The highest BCUT2D eigenvalue weighted by atomic mass is 35.5. The summed E-state index contributed by atoms with van der Waals surface area (Å²) in [6, 6.07) is 5.88. The minimum Gasteiger partial charge on any atom is -0.495 e. The first-order valence-electron chi connectivity index (χ1n) is 5.14. The van der Waals surface area contributed by atoms with Crippen molar-refractivity contribution in [3.05, 3.63) is 38.0 Å². The van der Waals surface area contributed by atoms with Gasteiger partial charge in [-0.2, -0.15) is 0 Å². The predicted molar refractivity (Wildman–Crippen MR) is 83.2 cm³/mol. The van der Waals surface area contributed by atoms with Gasteiger partial charge in [0.15, 0.2) is 0 Å². The SMILES string of the molecule is COc1ccc(Cl)cc1NS(=O)(=O)c1cc(Cl)sc1Cl. The smallest absolute Gasteiger partial charge is 0.264 e. The molecule has 0 spiro atoms. The molecule has 4 nitrogen and oxygen atoms in total. The largest absolute Gasteiger partial charge is 0.495 e. The molecule has 1 aromatic carbocycles. The maximum absolute atomic E-state index is 12.3. The average Bonchev–Trinajstić information content (AvgIpc) is 2.69. The molecule has 0 fully saturated rings. The lowest BCUT2D eigenvalue weighted by molar-refractivity contribution is 0.417. The lowest BCUT2D eigenvalue weighted by Gasteiger charge is -2.11. The van der Waals surface area contributed by atoms with Gasteiger partial charge in [0, 0.05) is 5.02 Å². The molecule has 0 unspecified atom stereocenters. The van der Waals surface area contributed by atoms with Crippen LogP contribution in [0.3, 0.4) is 0 Å². The average molecular weight is 373 g/mol. The van der Waals surface area contributed by atoms with E-state index >= 15 is 0 Å². The van der Waals surface area contributed by atoms with E-state index in [4.69, 9.17) is 39.5 Å². The van der Waals surface area contributed by atoms with Crippen LogP contribution in [0, 0.1) is 0 Å². The van der Waals surface area contributed by atoms with Crippen LogP contribution in [-0.2, 0) is 10.0 Å². The van der Waals surface area contributed by atoms with Crippen LogP contribution in [-0.4, -0.2) is 15.5 Å². The monoisotopic (exact) mass is 371 g/mol. The lowest BCUT2D eigenvalue weighted by Crippen LogP contribution is -2.13. The summed E-state index contributed by atoms with van der Waals surface area (Å²) in [6.07, 6.45) is 0. The summed E-state index contributed by atoms with van der Waals surface area (Å²) >= 11 is 18.4. The number of thiophene rings is 1. The third-order valence-corrected chi connectivity index (χ3v) is 5.67. The molecule has 0 radical (unpaired) electrons. The van der Waals surface area contributed by atoms with E-state index in [9.17, 15) is 8.42 Å². The standard InChI is InChI=1S/C11H8Cl3NO3S2/c1-18-8-3-2-6(12)4-7(8)15-20(16,17)9-5-10(13)19-11(9)14/h2-5,15H,1H3. The zero-order chi connectivity index (χ0) is 14.9. The molecule has 0 aliphatic carbocycles. The summed E-state index contributed by atoms with van der Waals surface area (Å²) < 4.78 is 32.4. The van der Waals surface area contributed by atoms with Crippen LogP contribution in [0.25, 0.3) is 0 Å². The Bertz CT molecular complexity index is 743. The quantitative estimate of drug-likeness (QED) is 0.858. The van der Waals surface area contributed by atoms with Crippen LogP contribution in [0.4, 0.5) is 5.69 Å². The molecule has 9 heteroatoms. The fourth-order valence-electron chi connectivity index (χ4n) is 1.47. The van der Waals surface area contributed by atoms with E-state index in [1.807, 2.05) is 0 Å². The summed E-state index contributed by atoms with van der Waals surface area (Å²) in [5, 5.41) is 0.373. The Morgan fingerprint density at radius 1 is 1.20 bits per heavy atom. The minimum atomic E-state index is -3.87. The van der Waals surface area contributed by atoms with Gasteiger partial charge in [-0.05, 0) is 24.3 Å². The maximum Gasteiger partial charge on any atom is 0.264 e. The predicted octanol–water partition coefficient (Wildman–Crippen LogP) is 4.52. The molecule has 0 saturated heterocycles. The third kappa shape index (κ3) is 3.32. The van der Waals surface area contributed by atoms with E-state index in [0.717, 1.165) is 11.3 Å². The summed E-state index contributed by atoms with van der Waals surface area (Å²) in [5.41, 5.74) is 0.221. The van der Waals surface area contributed by atoms with E-state index in [-0.39, 0.29) is 19.3 Å². The van der Waals surface area contributed by atoms with Crippen molar-refractivity contribution in [2.45, 2.75) is 4.90 Å². The summed E-state index contributed by atoms with van der Waals surface area (Å²) in [7, 11) is -2.44. The zero-order valence-electron chi connectivity index (χ0n) is 9.98. The van der Waals surface area contributed by atoms with Crippen molar-refractivity contribution in [1.82, 2.24) is 0 Å². The zero-order valence-corrected chi connectivity index (χ0v) is 13.9. The Balaban J connectivity index is 2.43. The van der Waals surface area contributed by atoms with Gasteiger partial charge in [-0.15, -0.1) is 11.3 Å². The van der Waals surface area contributed by atoms with E-state index in [1.165, 1.54) is 19.2 Å². The molecule has 0 amide bonds. The number of sulfonamides is 1. The van der Waals surface area contributed by atoms with Gasteiger partial charge in [0.25, 0.3) is 10.0 Å². The van der Waals surface area contributed by atoms with Gasteiger partial charge in [-0.25, -0.2) is 8.42 Å². The summed E-state index contributed by atoms with van der Waals surface area (Å²) in [5.74, 6) is 0.343. The molecular formula is C11H8Cl3NO3S2. The van der Waals surface area contributed by atoms with E-state index in [2.05, 4.69) is 4.72 Å². The normalized spacial score (nSPS) is 11.4. The molecule has 20 heavy (non-hydrogen) atoms. The first-order valence-corrected chi connectivity index (χ1v) is 8.58. The Morgan fingerprint density at radius 2 is 1.90 bits per heavy atom. The molecule has 2 rings (SSSR count). The Morgan fingerprint density at radius 3 is 2.45 bits per heavy atom. The van der Waals surface area contributed by atoms with Gasteiger partial charge in [0.2, 0.25) is 0 Å². The Labute approximate surface area is 135 Å². The van der Waals surface area contributed by atoms with Gasteiger partial charge in [0.05, 0.1) is 17.1 Å². The number of rotatable bonds is 4. The van der Waals surface area contributed by atoms with Crippen LogP contribution >= 0.6 is 46.1 Å². The second kappa shape index (κ2) is 5.99. The fourth-order valence-corrected chi connectivity index (χ4v) is 4.85. The Kier molecular flexibility index (Phi) is 4.71. The maximum atomic E-state index is 12.3. The fraction of sp³-hybridized carbons (Fsp3) is 0.0909. The van der Waals surface area contributed by atoms with E-state index < -0.39 is 10.0 Å². The number of benzene rings is 1. The van der Waals surface area contributed by atoms with Crippen molar-refractivity contribution in [2.24, 2.45) is 0 Å². The molecule has 108 valence electrons. The van der Waals surface area contributed by atoms with Crippen molar-refractivity contribution in [3.8, 4) is 5.75 Å². The second-order valence-electron chi connectivity index (χ2n) is 3.64. The lowest BCUT2D eigenvalue weighted by atomic mass is 10.3. The van der Waals surface area contributed by atoms with Crippen LogP contribution in [0.2, 0.25) is 13.7 Å². The van der Waals surface area contributed by atoms with Crippen LogP contribution in [0.1, 0.15) is 0 Å². The molecule has 0 bridgehead atoms. The van der Waals surface area contributed by atoms with Crippen LogP contribution in [0.5, 0.6) is 5.75 Å².